The predicted octanol–water partition coefficient (Wildman–Crippen LogP) is 4.36. The number of benzene rings is 2. The standard InChI is InChI=1S/C19H19NO5S2/c1-22-13-6-5-10(7-12(13)21)18-16(19(20)27-26-18)11-8-14(23-2)17(25-4)15(9-11)24-3/h5-9,20-21H,1-4H3. The van der Waals surface area contributed by atoms with E-state index in [4.69, 9.17) is 24.4 Å². The lowest BCUT2D eigenvalue weighted by Gasteiger charge is -2.14. The van der Waals surface area contributed by atoms with E-state index in [0.29, 0.717) is 27.7 Å². The van der Waals surface area contributed by atoms with Gasteiger partial charge in [-0.1, -0.05) is 20.7 Å². The molecule has 1 aromatic heterocycles. The molecule has 142 valence electrons. The van der Waals surface area contributed by atoms with Crippen molar-refractivity contribution < 1.29 is 24.1 Å². The number of methoxy groups -OCH3 is 4. The van der Waals surface area contributed by atoms with E-state index in [9.17, 15) is 5.11 Å². The Morgan fingerprint density at radius 2 is 1.41 bits per heavy atom. The summed E-state index contributed by atoms with van der Waals surface area (Å²) in [5.74, 6) is 1.99. The number of hydrogen-bond donors (Lipinski definition) is 2. The Hall–Kier alpha value is -2.71. The van der Waals surface area contributed by atoms with Gasteiger partial charge in [-0.05, 0) is 41.5 Å². The van der Waals surface area contributed by atoms with E-state index in [1.54, 1.807) is 33.5 Å². The lowest BCUT2D eigenvalue weighted by molar-refractivity contribution is 0.324. The summed E-state index contributed by atoms with van der Waals surface area (Å²) in [7, 11) is 9.00. The minimum atomic E-state index is 0.0516. The Bertz CT molecular complexity index is 1000. The van der Waals surface area contributed by atoms with Gasteiger partial charge in [0.25, 0.3) is 0 Å². The maximum Gasteiger partial charge on any atom is 0.203 e. The van der Waals surface area contributed by atoms with Crippen molar-refractivity contribution in [3.05, 3.63) is 35.0 Å². The number of hydrogen-bond acceptors (Lipinski definition) is 8. The third-order valence-corrected chi connectivity index (χ3v) is 6.37. The quantitative estimate of drug-likeness (QED) is 0.596. The summed E-state index contributed by atoms with van der Waals surface area (Å²) in [5, 5.41) is 18.5. The zero-order chi connectivity index (χ0) is 19.6. The van der Waals surface area contributed by atoms with E-state index in [1.165, 1.54) is 27.8 Å². The first-order valence-corrected chi connectivity index (χ1v) is 10.0. The first-order valence-electron chi connectivity index (χ1n) is 7.89. The molecule has 0 aliphatic heterocycles. The predicted molar refractivity (Wildman–Crippen MR) is 107 cm³/mol. The zero-order valence-corrected chi connectivity index (χ0v) is 16.9. The van der Waals surface area contributed by atoms with Gasteiger partial charge in [0.1, 0.15) is 4.67 Å². The maximum absolute atomic E-state index is 10.1. The van der Waals surface area contributed by atoms with Crippen LogP contribution >= 0.6 is 20.7 Å². The molecule has 6 nitrogen and oxygen atoms in total. The van der Waals surface area contributed by atoms with Crippen molar-refractivity contribution in [2.45, 2.75) is 0 Å². The Morgan fingerprint density at radius 3 is 1.93 bits per heavy atom. The first-order chi connectivity index (χ1) is 13.0. The van der Waals surface area contributed by atoms with Crippen molar-refractivity contribution in [3.63, 3.8) is 0 Å². The molecule has 3 rings (SSSR count). The second-order valence-electron chi connectivity index (χ2n) is 5.50. The molecule has 0 unspecified atom stereocenters. The normalized spacial score (nSPS) is 10.5. The van der Waals surface area contributed by atoms with Gasteiger partial charge in [0.2, 0.25) is 5.75 Å². The van der Waals surface area contributed by atoms with E-state index in [0.717, 1.165) is 21.6 Å². The molecule has 0 saturated carbocycles. The molecular formula is C19H19NO5S2. The summed E-state index contributed by atoms with van der Waals surface area (Å²) >= 11 is 0. The fraction of sp³-hybridized carbons (Fsp3) is 0.211. The molecule has 1 heterocycles. The van der Waals surface area contributed by atoms with Crippen molar-refractivity contribution in [1.29, 1.82) is 5.41 Å². The van der Waals surface area contributed by atoms with Gasteiger partial charge in [-0.25, -0.2) is 0 Å². The minimum absolute atomic E-state index is 0.0516. The van der Waals surface area contributed by atoms with E-state index < -0.39 is 0 Å². The Kier molecular flexibility index (Phi) is 5.57. The molecule has 3 aromatic rings. The fourth-order valence-electron chi connectivity index (χ4n) is 2.78. The Labute approximate surface area is 164 Å². The fourth-order valence-corrected chi connectivity index (χ4v) is 5.13. The second-order valence-corrected chi connectivity index (χ2v) is 7.65. The van der Waals surface area contributed by atoms with Crippen LogP contribution in [0.25, 0.3) is 21.6 Å². The van der Waals surface area contributed by atoms with E-state index in [1.807, 2.05) is 18.2 Å². The van der Waals surface area contributed by atoms with E-state index in [-0.39, 0.29) is 5.75 Å². The Balaban J connectivity index is 2.21. The second kappa shape index (κ2) is 7.89. The van der Waals surface area contributed by atoms with Crippen LogP contribution in [0.1, 0.15) is 0 Å². The highest BCUT2D eigenvalue weighted by Gasteiger charge is 2.19. The number of phenolic OH excluding ortho intramolecular Hbond substituents is 1. The average molecular weight is 405 g/mol. The number of ether oxygens (including phenoxy) is 4. The van der Waals surface area contributed by atoms with Crippen LogP contribution < -0.4 is 23.6 Å². The van der Waals surface area contributed by atoms with Crippen LogP contribution in [0.2, 0.25) is 0 Å². The molecule has 2 N–H and O–H groups in total. The largest absolute Gasteiger partial charge is 0.504 e. The lowest BCUT2D eigenvalue weighted by atomic mass is 10.0. The molecule has 0 saturated heterocycles. The average Bonchev–Trinajstić information content (AvgIpc) is 3.08. The highest BCUT2D eigenvalue weighted by Crippen LogP contribution is 2.45. The van der Waals surface area contributed by atoms with E-state index in [2.05, 4.69) is 0 Å². The molecule has 27 heavy (non-hydrogen) atoms. The lowest BCUT2D eigenvalue weighted by Crippen LogP contribution is -2.00. The molecule has 0 aliphatic rings. The molecule has 8 heteroatoms. The Morgan fingerprint density at radius 1 is 0.778 bits per heavy atom. The van der Waals surface area contributed by atoms with Gasteiger partial charge in [0.15, 0.2) is 23.0 Å². The summed E-state index contributed by atoms with van der Waals surface area (Å²) < 4.78 is 21.8. The van der Waals surface area contributed by atoms with Crippen LogP contribution in [0.3, 0.4) is 0 Å². The smallest absolute Gasteiger partial charge is 0.203 e. The van der Waals surface area contributed by atoms with Gasteiger partial charge >= 0.3 is 0 Å². The topological polar surface area (TPSA) is 81.0 Å². The van der Waals surface area contributed by atoms with Crippen LogP contribution in [0.5, 0.6) is 28.7 Å². The maximum atomic E-state index is 10.1. The molecule has 0 bridgehead atoms. The molecule has 0 amide bonds. The van der Waals surface area contributed by atoms with Gasteiger partial charge in [0, 0.05) is 5.56 Å². The van der Waals surface area contributed by atoms with Crippen LogP contribution in [0.15, 0.2) is 30.3 Å². The van der Waals surface area contributed by atoms with Crippen LogP contribution in [0, 0.1) is 5.41 Å². The summed E-state index contributed by atoms with van der Waals surface area (Å²) in [6.07, 6.45) is 0. The molecule has 0 radical (unpaired) electrons. The van der Waals surface area contributed by atoms with Crippen molar-refractivity contribution in [3.8, 4) is 50.3 Å². The third-order valence-electron chi connectivity index (χ3n) is 4.06. The summed E-state index contributed by atoms with van der Waals surface area (Å²) in [5.41, 5.74) is 2.32. The third kappa shape index (κ3) is 3.45. The molecule has 0 atom stereocenters. The summed E-state index contributed by atoms with van der Waals surface area (Å²) in [6, 6.07) is 8.84. The van der Waals surface area contributed by atoms with Gasteiger partial charge in [-0.3, -0.25) is 5.41 Å². The zero-order valence-electron chi connectivity index (χ0n) is 15.3. The van der Waals surface area contributed by atoms with Crippen LogP contribution in [0.4, 0.5) is 0 Å². The van der Waals surface area contributed by atoms with Crippen molar-refractivity contribution in [2.75, 3.05) is 28.4 Å². The summed E-state index contributed by atoms with van der Waals surface area (Å²) in [6.45, 7) is 0. The first kappa shape index (κ1) is 19.1. The van der Waals surface area contributed by atoms with E-state index >= 15 is 0 Å². The highest BCUT2D eigenvalue weighted by atomic mass is 32.9. The van der Waals surface area contributed by atoms with Crippen molar-refractivity contribution in [1.82, 2.24) is 0 Å². The van der Waals surface area contributed by atoms with Crippen LogP contribution in [-0.4, -0.2) is 33.5 Å². The number of phenols is 1. The minimum Gasteiger partial charge on any atom is -0.504 e. The van der Waals surface area contributed by atoms with Gasteiger partial charge < -0.3 is 24.1 Å². The van der Waals surface area contributed by atoms with Gasteiger partial charge in [-0.15, -0.1) is 0 Å². The van der Waals surface area contributed by atoms with Gasteiger partial charge in [-0.2, -0.15) is 0 Å². The van der Waals surface area contributed by atoms with Crippen molar-refractivity contribution in [2.24, 2.45) is 0 Å². The molecular weight excluding hydrogens is 386 g/mol. The van der Waals surface area contributed by atoms with Crippen molar-refractivity contribution >= 4 is 20.7 Å². The SMILES string of the molecule is COc1ccc(-c2ssc(=N)c2-c2cc(OC)c(OC)c(OC)c2)cc1O. The molecule has 2 aromatic carbocycles. The van der Waals surface area contributed by atoms with Crippen LogP contribution in [-0.2, 0) is 0 Å². The monoisotopic (exact) mass is 405 g/mol. The number of aromatic hydroxyl groups is 1. The summed E-state index contributed by atoms with van der Waals surface area (Å²) in [4.78, 5) is 0.872. The number of nitrogens with one attached hydrogen (secondary N) is 1. The molecule has 0 aliphatic carbocycles. The highest BCUT2D eigenvalue weighted by molar-refractivity contribution is 7.70. The molecule has 0 spiro atoms. The number of rotatable bonds is 6. The molecule has 0 fully saturated rings. The van der Waals surface area contributed by atoms with Gasteiger partial charge in [0.05, 0.1) is 33.3 Å².